The number of fused-ring (bicyclic) bond motifs is 1. The second-order valence-corrected chi connectivity index (χ2v) is 7.55. The van der Waals surface area contributed by atoms with Gasteiger partial charge in [0, 0.05) is 11.4 Å². The molecular formula is C19H16ClFN6OS. The molecule has 4 rings (SSSR count). The molecule has 0 aliphatic carbocycles. The average Bonchev–Trinajstić information content (AvgIpc) is 3.36. The number of nitrogens with one attached hydrogen (secondary N) is 2. The highest BCUT2D eigenvalue weighted by atomic mass is 35.5. The highest BCUT2D eigenvalue weighted by molar-refractivity contribution is 7.09. The summed E-state index contributed by atoms with van der Waals surface area (Å²) in [6.45, 7) is 1.26. The Bertz CT molecular complexity index is 1130. The number of carbonyl (C=O) groups is 1. The van der Waals surface area contributed by atoms with Gasteiger partial charge in [-0.05, 0) is 23.6 Å². The molecule has 0 radical (unpaired) electrons. The van der Waals surface area contributed by atoms with Crippen molar-refractivity contribution in [2.45, 2.75) is 13.1 Å². The Hall–Kier alpha value is -3.04. The third kappa shape index (κ3) is 4.20. The maximum atomic E-state index is 13.8. The number of amides is 1. The summed E-state index contributed by atoms with van der Waals surface area (Å²) in [5, 5.41) is 13.2. The second kappa shape index (κ2) is 8.54. The van der Waals surface area contributed by atoms with Gasteiger partial charge >= 0.3 is 0 Å². The first-order valence-corrected chi connectivity index (χ1v) is 10.0. The number of carbonyl (C=O) groups excluding carboxylic acids is 1. The number of hydrogen-bond donors (Lipinski definition) is 2. The SMILES string of the molecule is O=C(NCCn1ncc2c(NCc3cccs3)ncnc21)c1c(F)cccc1Cl. The zero-order chi connectivity index (χ0) is 20.2. The lowest BCUT2D eigenvalue weighted by molar-refractivity contribution is 0.0948. The Morgan fingerprint density at radius 1 is 1.24 bits per heavy atom. The molecule has 3 heterocycles. The van der Waals surface area contributed by atoms with Crippen LogP contribution in [-0.2, 0) is 13.1 Å². The summed E-state index contributed by atoms with van der Waals surface area (Å²) < 4.78 is 15.5. The quantitative estimate of drug-likeness (QED) is 0.466. The van der Waals surface area contributed by atoms with E-state index in [-0.39, 0.29) is 17.1 Å². The van der Waals surface area contributed by atoms with Crippen LogP contribution < -0.4 is 10.6 Å². The second-order valence-electron chi connectivity index (χ2n) is 6.11. The smallest absolute Gasteiger partial charge is 0.255 e. The van der Waals surface area contributed by atoms with Crippen molar-refractivity contribution in [2.75, 3.05) is 11.9 Å². The van der Waals surface area contributed by atoms with Crippen molar-refractivity contribution in [3.8, 4) is 0 Å². The van der Waals surface area contributed by atoms with Gasteiger partial charge in [-0.1, -0.05) is 23.7 Å². The van der Waals surface area contributed by atoms with Gasteiger partial charge in [-0.25, -0.2) is 19.0 Å². The minimum Gasteiger partial charge on any atom is -0.364 e. The maximum Gasteiger partial charge on any atom is 0.255 e. The van der Waals surface area contributed by atoms with E-state index in [1.54, 1.807) is 22.2 Å². The molecule has 0 fully saturated rings. The van der Waals surface area contributed by atoms with Gasteiger partial charge in [-0.2, -0.15) is 5.10 Å². The summed E-state index contributed by atoms with van der Waals surface area (Å²) in [4.78, 5) is 22.0. The van der Waals surface area contributed by atoms with E-state index in [0.29, 0.717) is 24.6 Å². The zero-order valence-electron chi connectivity index (χ0n) is 15.1. The molecule has 0 saturated carbocycles. The van der Waals surface area contributed by atoms with E-state index in [0.717, 1.165) is 5.39 Å². The predicted molar refractivity (Wildman–Crippen MR) is 111 cm³/mol. The van der Waals surface area contributed by atoms with Crippen LogP contribution in [0.4, 0.5) is 10.2 Å². The Labute approximate surface area is 174 Å². The van der Waals surface area contributed by atoms with Gasteiger partial charge in [0.1, 0.15) is 18.0 Å². The highest BCUT2D eigenvalue weighted by Gasteiger charge is 2.16. The first-order chi connectivity index (χ1) is 14.1. The summed E-state index contributed by atoms with van der Waals surface area (Å²) in [5.74, 6) is -0.539. The van der Waals surface area contributed by atoms with E-state index in [1.165, 1.54) is 29.4 Å². The first kappa shape index (κ1) is 19.3. The Kier molecular flexibility index (Phi) is 5.68. The van der Waals surface area contributed by atoms with Crippen LogP contribution in [0.2, 0.25) is 5.02 Å². The fourth-order valence-corrected chi connectivity index (χ4v) is 3.75. The van der Waals surface area contributed by atoms with Crippen LogP contribution in [0.25, 0.3) is 11.0 Å². The van der Waals surface area contributed by atoms with Gasteiger partial charge in [0.15, 0.2) is 5.65 Å². The number of benzene rings is 1. The average molecular weight is 431 g/mol. The molecule has 3 aromatic heterocycles. The molecular weight excluding hydrogens is 415 g/mol. The molecule has 0 unspecified atom stereocenters. The van der Waals surface area contributed by atoms with E-state index >= 15 is 0 Å². The summed E-state index contributed by atoms with van der Waals surface area (Å²) >= 11 is 7.59. The molecule has 0 saturated heterocycles. The van der Waals surface area contributed by atoms with E-state index < -0.39 is 11.7 Å². The normalized spacial score (nSPS) is 11.0. The molecule has 1 amide bonds. The standard InChI is InChI=1S/C19H16ClFN6OS/c20-14-4-1-5-15(21)16(14)19(28)22-6-7-27-18-13(10-26-27)17(24-11-25-18)23-9-12-3-2-8-29-12/h1-5,8,10-11H,6-7,9H2,(H,22,28)(H,23,24,25). The Balaban J connectivity index is 1.42. The monoisotopic (exact) mass is 430 g/mol. The van der Waals surface area contributed by atoms with Crippen molar-refractivity contribution in [1.29, 1.82) is 0 Å². The molecule has 0 aliphatic heterocycles. The number of thiophene rings is 1. The largest absolute Gasteiger partial charge is 0.364 e. The number of halogens is 2. The zero-order valence-corrected chi connectivity index (χ0v) is 16.7. The van der Waals surface area contributed by atoms with Crippen molar-refractivity contribution in [3.05, 3.63) is 69.5 Å². The lowest BCUT2D eigenvalue weighted by Crippen LogP contribution is -2.28. The topological polar surface area (TPSA) is 84.7 Å². The molecule has 148 valence electrons. The van der Waals surface area contributed by atoms with Gasteiger partial charge in [0.2, 0.25) is 0 Å². The first-order valence-electron chi connectivity index (χ1n) is 8.78. The fraction of sp³-hybridized carbons (Fsp3) is 0.158. The predicted octanol–water partition coefficient (Wildman–Crippen LogP) is 3.72. The van der Waals surface area contributed by atoms with Crippen LogP contribution in [-0.4, -0.2) is 32.2 Å². The number of rotatable bonds is 7. The molecule has 0 bridgehead atoms. The van der Waals surface area contributed by atoms with Crippen molar-refractivity contribution in [2.24, 2.45) is 0 Å². The van der Waals surface area contributed by atoms with Crippen LogP contribution in [0.3, 0.4) is 0 Å². The molecule has 1 aromatic carbocycles. The van der Waals surface area contributed by atoms with E-state index in [1.807, 2.05) is 17.5 Å². The van der Waals surface area contributed by atoms with E-state index in [4.69, 9.17) is 11.6 Å². The minimum absolute atomic E-state index is 0.0706. The van der Waals surface area contributed by atoms with Gasteiger partial charge in [0.25, 0.3) is 5.91 Å². The van der Waals surface area contributed by atoms with Gasteiger partial charge < -0.3 is 10.6 Å². The van der Waals surface area contributed by atoms with Crippen LogP contribution in [0, 0.1) is 5.82 Å². The molecule has 10 heteroatoms. The maximum absolute atomic E-state index is 13.8. The van der Waals surface area contributed by atoms with Crippen molar-refractivity contribution >= 4 is 45.7 Å². The third-order valence-corrected chi connectivity index (χ3v) is 5.43. The number of nitrogens with zero attached hydrogens (tertiary/aromatic N) is 4. The lowest BCUT2D eigenvalue weighted by atomic mass is 10.2. The molecule has 2 N–H and O–H groups in total. The summed E-state index contributed by atoms with van der Waals surface area (Å²) in [6, 6.07) is 8.17. The molecule has 29 heavy (non-hydrogen) atoms. The summed E-state index contributed by atoms with van der Waals surface area (Å²) in [5.41, 5.74) is 0.480. The van der Waals surface area contributed by atoms with Gasteiger partial charge in [0.05, 0.1) is 35.3 Å². The van der Waals surface area contributed by atoms with Crippen LogP contribution in [0.5, 0.6) is 0 Å². The molecule has 0 atom stereocenters. The number of hydrogen-bond acceptors (Lipinski definition) is 6. The van der Waals surface area contributed by atoms with Gasteiger partial charge in [-0.3, -0.25) is 4.79 Å². The van der Waals surface area contributed by atoms with Crippen LogP contribution in [0.1, 0.15) is 15.2 Å². The number of aromatic nitrogens is 4. The van der Waals surface area contributed by atoms with Crippen molar-refractivity contribution in [3.63, 3.8) is 0 Å². The minimum atomic E-state index is -0.659. The highest BCUT2D eigenvalue weighted by Crippen LogP contribution is 2.21. The van der Waals surface area contributed by atoms with Crippen LogP contribution >= 0.6 is 22.9 Å². The Morgan fingerprint density at radius 3 is 2.93 bits per heavy atom. The molecule has 0 spiro atoms. The lowest BCUT2D eigenvalue weighted by Gasteiger charge is -2.08. The van der Waals surface area contributed by atoms with Crippen molar-refractivity contribution in [1.82, 2.24) is 25.1 Å². The Morgan fingerprint density at radius 2 is 2.14 bits per heavy atom. The van der Waals surface area contributed by atoms with Crippen molar-refractivity contribution < 1.29 is 9.18 Å². The third-order valence-electron chi connectivity index (χ3n) is 4.24. The van der Waals surface area contributed by atoms with E-state index in [2.05, 4.69) is 25.7 Å². The molecule has 7 nitrogen and oxygen atoms in total. The number of anilines is 1. The molecule has 0 aliphatic rings. The summed E-state index contributed by atoms with van der Waals surface area (Å²) in [7, 11) is 0. The summed E-state index contributed by atoms with van der Waals surface area (Å²) in [6.07, 6.45) is 3.15. The van der Waals surface area contributed by atoms with E-state index in [9.17, 15) is 9.18 Å². The van der Waals surface area contributed by atoms with Gasteiger partial charge in [-0.15, -0.1) is 11.3 Å². The fourth-order valence-electron chi connectivity index (χ4n) is 2.86. The van der Waals surface area contributed by atoms with Crippen LogP contribution in [0.15, 0.2) is 48.2 Å². The molecule has 4 aromatic rings.